The van der Waals surface area contributed by atoms with Gasteiger partial charge < -0.3 is 5.32 Å². The number of nitrogens with one attached hydrogen (secondary N) is 1. The van der Waals surface area contributed by atoms with Crippen molar-refractivity contribution in [3.63, 3.8) is 0 Å². The number of amides is 1. The average molecular weight is 326 g/mol. The molecule has 1 aromatic carbocycles. The highest BCUT2D eigenvalue weighted by molar-refractivity contribution is 5.92. The van der Waals surface area contributed by atoms with Gasteiger partial charge >= 0.3 is 0 Å². The van der Waals surface area contributed by atoms with Gasteiger partial charge in [-0.1, -0.05) is 20.8 Å². The number of nitrogens with zero attached hydrogens (tertiary/aromatic N) is 3. The third-order valence-corrected chi connectivity index (χ3v) is 5.17. The molecule has 5 nitrogen and oxygen atoms in total. The zero-order valence-electron chi connectivity index (χ0n) is 14.6. The maximum absolute atomic E-state index is 12.8. The molecule has 1 fully saturated rings. The lowest BCUT2D eigenvalue weighted by Crippen LogP contribution is -2.36. The third-order valence-electron chi connectivity index (χ3n) is 5.17. The Hall–Kier alpha value is -2.17. The predicted molar refractivity (Wildman–Crippen MR) is 94.8 cm³/mol. The predicted octanol–water partition coefficient (Wildman–Crippen LogP) is 3.91. The molecule has 1 amide bonds. The molecule has 1 saturated carbocycles. The third kappa shape index (κ3) is 3.66. The first-order valence-corrected chi connectivity index (χ1v) is 8.80. The maximum atomic E-state index is 12.8. The first kappa shape index (κ1) is 16.7. The molecule has 1 N–H and O–H groups in total. The summed E-state index contributed by atoms with van der Waals surface area (Å²) in [6.07, 6.45) is 6.45. The quantitative estimate of drug-likeness (QED) is 0.926. The van der Waals surface area contributed by atoms with Crippen molar-refractivity contribution in [2.24, 2.45) is 23.7 Å². The van der Waals surface area contributed by atoms with Crippen molar-refractivity contribution in [3.8, 4) is 5.69 Å². The summed E-state index contributed by atoms with van der Waals surface area (Å²) in [4.78, 5) is 16.7. The van der Waals surface area contributed by atoms with Gasteiger partial charge in [-0.2, -0.15) is 5.10 Å². The van der Waals surface area contributed by atoms with Gasteiger partial charge in [-0.25, -0.2) is 9.67 Å². The Morgan fingerprint density at radius 1 is 1.25 bits per heavy atom. The SMILES string of the molecule is CC1CCC(C(=O)Nc2ccc(-n3cncn3)cc2)C(C(C)C)C1. The van der Waals surface area contributed by atoms with Gasteiger partial charge in [0.1, 0.15) is 12.7 Å². The fraction of sp³-hybridized carbons (Fsp3) is 0.526. The largest absolute Gasteiger partial charge is 0.326 e. The number of carbonyl (C=O) groups excluding carboxylic acids is 1. The Balaban J connectivity index is 1.67. The number of anilines is 1. The molecule has 0 bridgehead atoms. The minimum absolute atomic E-state index is 0.121. The summed E-state index contributed by atoms with van der Waals surface area (Å²) >= 11 is 0. The van der Waals surface area contributed by atoms with Crippen molar-refractivity contribution in [2.45, 2.75) is 40.0 Å². The second kappa shape index (κ2) is 7.16. The number of rotatable bonds is 4. The number of benzene rings is 1. The van der Waals surface area contributed by atoms with Crippen molar-refractivity contribution in [2.75, 3.05) is 5.32 Å². The highest BCUT2D eigenvalue weighted by atomic mass is 16.1. The second-order valence-corrected chi connectivity index (χ2v) is 7.31. The zero-order valence-corrected chi connectivity index (χ0v) is 14.6. The molecular weight excluding hydrogens is 300 g/mol. The summed E-state index contributed by atoms with van der Waals surface area (Å²) in [5, 5.41) is 7.20. The van der Waals surface area contributed by atoms with Crippen LogP contribution in [-0.2, 0) is 4.79 Å². The molecule has 1 aliphatic rings. The van der Waals surface area contributed by atoms with Crippen LogP contribution in [0.15, 0.2) is 36.9 Å². The van der Waals surface area contributed by atoms with Crippen LogP contribution in [0, 0.1) is 23.7 Å². The molecule has 24 heavy (non-hydrogen) atoms. The molecule has 0 saturated heterocycles. The topological polar surface area (TPSA) is 59.8 Å². The number of aromatic nitrogens is 3. The molecule has 2 aromatic rings. The molecule has 0 spiro atoms. The van der Waals surface area contributed by atoms with Gasteiger partial charge in [0.15, 0.2) is 0 Å². The monoisotopic (exact) mass is 326 g/mol. The molecule has 3 unspecified atom stereocenters. The second-order valence-electron chi connectivity index (χ2n) is 7.31. The fourth-order valence-corrected chi connectivity index (χ4v) is 3.76. The molecule has 5 heteroatoms. The number of hydrogen-bond acceptors (Lipinski definition) is 3. The fourth-order valence-electron chi connectivity index (χ4n) is 3.76. The van der Waals surface area contributed by atoms with Crippen LogP contribution in [-0.4, -0.2) is 20.7 Å². The van der Waals surface area contributed by atoms with Gasteiger partial charge in [-0.15, -0.1) is 0 Å². The molecule has 128 valence electrons. The van der Waals surface area contributed by atoms with Gasteiger partial charge in [0, 0.05) is 11.6 Å². The Morgan fingerprint density at radius 3 is 2.62 bits per heavy atom. The highest BCUT2D eigenvalue weighted by Crippen LogP contribution is 2.38. The first-order valence-electron chi connectivity index (χ1n) is 8.80. The Bertz CT molecular complexity index is 663. The molecular formula is C19H26N4O. The minimum atomic E-state index is 0.121. The maximum Gasteiger partial charge on any atom is 0.227 e. The first-order chi connectivity index (χ1) is 11.5. The van der Waals surface area contributed by atoms with Crippen LogP contribution in [0.5, 0.6) is 0 Å². The molecule has 1 aliphatic carbocycles. The highest BCUT2D eigenvalue weighted by Gasteiger charge is 2.35. The van der Waals surface area contributed by atoms with Crippen LogP contribution < -0.4 is 5.32 Å². The summed E-state index contributed by atoms with van der Waals surface area (Å²) in [5.41, 5.74) is 1.77. The van der Waals surface area contributed by atoms with Gasteiger partial charge in [-0.05, 0) is 61.3 Å². The van der Waals surface area contributed by atoms with Gasteiger partial charge in [0.25, 0.3) is 0 Å². The van der Waals surface area contributed by atoms with Crippen LogP contribution in [0.3, 0.4) is 0 Å². The van der Waals surface area contributed by atoms with Crippen LogP contribution >= 0.6 is 0 Å². The normalized spacial score (nSPS) is 24.1. The van der Waals surface area contributed by atoms with Gasteiger partial charge in [-0.3, -0.25) is 4.79 Å². The van der Waals surface area contributed by atoms with E-state index in [-0.39, 0.29) is 11.8 Å². The smallest absolute Gasteiger partial charge is 0.227 e. The van der Waals surface area contributed by atoms with E-state index in [0.717, 1.165) is 36.6 Å². The van der Waals surface area contributed by atoms with Crippen molar-refractivity contribution in [1.29, 1.82) is 0 Å². The van der Waals surface area contributed by atoms with E-state index in [1.54, 1.807) is 11.0 Å². The molecule has 1 heterocycles. The van der Waals surface area contributed by atoms with Crippen LogP contribution in [0.2, 0.25) is 0 Å². The van der Waals surface area contributed by atoms with Crippen molar-refractivity contribution in [3.05, 3.63) is 36.9 Å². The van der Waals surface area contributed by atoms with E-state index >= 15 is 0 Å². The van der Waals surface area contributed by atoms with Gasteiger partial charge in [0.2, 0.25) is 5.91 Å². The minimum Gasteiger partial charge on any atom is -0.326 e. The van der Waals surface area contributed by atoms with E-state index in [0.29, 0.717) is 11.8 Å². The molecule has 3 rings (SSSR count). The van der Waals surface area contributed by atoms with Crippen molar-refractivity contribution < 1.29 is 4.79 Å². The van der Waals surface area contributed by atoms with Crippen molar-refractivity contribution >= 4 is 11.6 Å². The molecule has 0 radical (unpaired) electrons. The summed E-state index contributed by atoms with van der Waals surface area (Å²) in [5.74, 6) is 2.02. The van der Waals surface area contributed by atoms with E-state index in [1.807, 2.05) is 24.3 Å². The van der Waals surface area contributed by atoms with Crippen molar-refractivity contribution in [1.82, 2.24) is 14.8 Å². The zero-order chi connectivity index (χ0) is 17.1. The molecule has 1 aromatic heterocycles. The molecule has 0 aliphatic heterocycles. The standard InChI is InChI=1S/C19H26N4O/c1-13(2)18-10-14(3)4-9-17(18)19(24)22-15-5-7-16(8-6-15)23-12-20-11-21-23/h5-8,11-14,17-18H,4,9-10H2,1-3H3,(H,22,24). The summed E-state index contributed by atoms with van der Waals surface area (Å²) in [7, 11) is 0. The van der Waals surface area contributed by atoms with E-state index < -0.39 is 0 Å². The Kier molecular flexibility index (Phi) is 4.97. The lowest BCUT2D eigenvalue weighted by Gasteiger charge is -2.36. The summed E-state index contributed by atoms with van der Waals surface area (Å²) in [6, 6.07) is 7.72. The molecule has 3 atom stereocenters. The van der Waals surface area contributed by atoms with Crippen LogP contribution in [0.1, 0.15) is 40.0 Å². The van der Waals surface area contributed by atoms with E-state index in [9.17, 15) is 4.79 Å². The Labute approximate surface area is 143 Å². The number of hydrogen-bond donors (Lipinski definition) is 1. The Morgan fingerprint density at radius 2 is 2.00 bits per heavy atom. The van der Waals surface area contributed by atoms with E-state index in [2.05, 4.69) is 36.2 Å². The van der Waals surface area contributed by atoms with E-state index in [4.69, 9.17) is 0 Å². The average Bonchev–Trinajstić information content (AvgIpc) is 3.09. The summed E-state index contributed by atoms with van der Waals surface area (Å²) < 4.78 is 1.70. The van der Waals surface area contributed by atoms with Crippen LogP contribution in [0.25, 0.3) is 5.69 Å². The lowest BCUT2D eigenvalue weighted by atomic mass is 9.69. The van der Waals surface area contributed by atoms with Crippen LogP contribution in [0.4, 0.5) is 5.69 Å². The lowest BCUT2D eigenvalue weighted by molar-refractivity contribution is -0.123. The van der Waals surface area contributed by atoms with Gasteiger partial charge in [0.05, 0.1) is 5.69 Å². The summed E-state index contributed by atoms with van der Waals surface area (Å²) in [6.45, 7) is 6.76. The number of carbonyl (C=O) groups is 1. The van der Waals surface area contributed by atoms with E-state index in [1.165, 1.54) is 6.33 Å².